The molecular formula is C14H21N3O2. The van der Waals surface area contributed by atoms with E-state index in [4.69, 9.17) is 5.73 Å². The third-order valence-corrected chi connectivity index (χ3v) is 3.11. The quantitative estimate of drug-likeness (QED) is 0.801. The maximum Gasteiger partial charge on any atom is 0.251 e. The lowest BCUT2D eigenvalue weighted by molar-refractivity contribution is -0.131. The number of aryl methyl sites for hydroxylation is 1. The number of benzene rings is 1. The van der Waals surface area contributed by atoms with Gasteiger partial charge in [-0.1, -0.05) is 6.07 Å². The fraction of sp³-hybridized carbons (Fsp3) is 0.429. The molecule has 0 saturated heterocycles. The Morgan fingerprint density at radius 2 is 2.05 bits per heavy atom. The first-order valence-electron chi connectivity index (χ1n) is 6.28. The van der Waals surface area contributed by atoms with Crippen LogP contribution >= 0.6 is 0 Å². The van der Waals surface area contributed by atoms with Gasteiger partial charge in [-0.15, -0.1) is 0 Å². The first-order chi connectivity index (χ1) is 8.86. The van der Waals surface area contributed by atoms with Crippen molar-refractivity contribution in [2.75, 3.05) is 19.3 Å². The van der Waals surface area contributed by atoms with Gasteiger partial charge in [0.2, 0.25) is 5.91 Å². The third kappa shape index (κ3) is 3.71. The van der Waals surface area contributed by atoms with E-state index in [-0.39, 0.29) is 11.8 Å². The molecule has 0 aliphatic heterocycles. The molecule has 3 N–H and O–H groups in total. The van der Waals surface area contributed by atoms with Gasteiger partial charge >= 0.3 is 0 Å². The van der Waals surface area contributed by atoms with E-state index in [0.29, 0.717) is 17.8 Å². The highest BCUT2D eigenvalue weighted by atomic mass is 16.2. The van der Waals surface area contributed by atoms with Gasteiger partial charge in [-0.3, -0.25) is 9.59 Å². The van der Waals surface area contributed by atoms with E-state index < -0.39 is 6.04 Å². The molecule has 0 bridgehead atoms. The number of nitrogens with two attached hydrogens (primary N) is 1. The highest BCUT2D eigenvalue weighted by Crippen LogP contribution is 2.12. The number of likely N-dealkylation sites (N-methyl/N-ethyl adjacent to an activating group) is 1. The molecule has 1 rings (SSSR count). The van der Waals surface area contributed by atoms with Crippen LogP contribution in [0.3, 0.4) is 0 Å². The van der Waals surface area contributed by atoms with Crippen LogP contribution in [0.5, 0.6) is 0 Å². The zero-order chi connectivity index (χ0) is 14.6. The number of hydrogen-bond acceptors (Lipinski definition) is 3. The summed E-state index contributed by atoms with van der Waals surface area (Å²) in [4.78, 5) is 25.4. The second-order valence-corrected chi connectivity index (χ2v) is 4.62. The van der Waals surface area contributed by atoms with Crippen molar-refractivity contribution in [3.8, 4) is 0 Å². The molecule has 5 nitrogen and oxygen atoms in total. The number of carbonyl (C=O) groups is 2. The monoisotopic (exact) mass is 263 g/mol. The zero-order valence-electron chi connectivity index (χ0n) is 11.9. The summed E-state index contributed by atoms with van der Waals surface area (Å²) in [6, 6.07) is 4.54. The molecule has 1 unspecified atom stereocenters. The number of rotatable bonds is 4. The zero-order valence-corrected chi connectivity index (χ0v) is 11.9. The van der Waals surface area contributed by atoms with E-state index in [2.05, 4.69) is 5.32 Å². The van der Waals surface area contributed by atoms with Gasteiger partial charge in [-0.05, 0) is 38.5 Å². The Morgan fingerprint density at radius 1 is 1.42 bits per heavy atom. The smallest absolute Gasteiger partial charge is 0.251 e. The molecule has 1 aromatic rings. The van der Waals surface area contributed by atoms with Gasteiger partial charge in [-0.2, -0.15) is 0 Å². The van der Waals surface area contributed by atoms with Crippen LogP contribution < -0.4 is 11.1 Å². The number of amides is 2. The van der Waals surface area contributed by atoms with Gasteiger partial charge in [0.1, 0.15) is 6.04 Å². The number of anilines is 1. The minimum absolute atomic E-state index is 0.115. The average molecular weight is 263 g/mol. The van der Waals surface area contributed by atoms with Gasteiger partial charge in [0.15, 0.2) is 0 Å². The Labute approximate surface area is 113 Å². The van der Waals surface area contributed by atoms with Crippen LogP contribution in [0.25, 0.3) is 0 Å². The summed E-state index contributed by atoms with van der Waals surface area (Å²) in [5.41, 5.74) is 7.71. The molecule has 5 heteroatoms. The lowest BCUT2D eigenvalue weighted by Gasteiger charge is -2.20. The summed E-state index contributed by atoms with van der Waals surface area (Å²) in [6.45, 7) is 6.03. The standard InChI is InChI=1S/C14H21N3O2/c1-5-17(4)14(19)10(3)16-13(18)11-7-6-9(2)12(15)8-11/h6-8,10H,5,15H2,1-4H3,(H,16,18). The number of nitrogen functional groups attached to an aromatic ring is 1. The second kappa shape index (κ2) is 6.22. The topological polar surface area (TPSA) is 75.4 Å². The van der Waals surface area contributed by atoms with Crippen LogP contribution in [0.15, 0.2) is 18.2 Å². The largest absolute Gasteiger partial charge is 0.398 e. The summed E-state index contributed by atoms with van der Waals surface area (Å²) < 4.78 is 0. The SMILES string of the molecule is CCN(C)C(=O)C(C)NC(=O)c1ccc(C)c(N)c1. The molecule has 0 aliphatic rings. The van der Waals surface area contributed by atoms with Crippen molar-refractivity contribution in [1.82, 2.24) is 10.2 Å². The van der Waals surface area contributed by atoms with E-state index >= 15 is 0 Å². The van der Waals surface area contributed by atoms with Gasteiger partial charge in [0, 0.05) is 24.8 Å². The maximum absolute atomic E-state index is 12.0. The lowest BCUT2D eigenvalue weighted by atomic mass is 10.1. The van der Waals surface area contributed by atoms with E-state index in [1.807, 2.05) is 13.8 Å². The summed E-state index contributed by atoms with van der Waals surface area (Å²) >= 11 is 0. The first kappa shape index (κ1) is 15.0. The molecule has 19 heavy (non-hydrogen) atoms. The Kier molecular flexibility index (Phi) is 4.92. The van der Waals surface area contributed by atoms with Crippen molar-refractivity contribution in [3.05, 3.63) is 29.3 Å². The normalized spacial score (nSPS) is 11.8. The molecule has 0 aliphatic carbocycles. The van der Waals surface area contributed by atoms with E-state index in [0.717, 1.165) is 5.56 Å². The van der Waals surface area contributed by atoms with E-state index in [9.17, 15) is 9.59 Å². The van der Waals surface area contributed by atoms with E-state index in [1.54, 1.807) is 37.1 Å². The van der Waals surface area contributed by atoms with Crippen LogP contribution in [0.2, 0.25) is 0 Å². The minimum atomic E-state index is -0.556. The molecular weight excluding hydrogens is 242 g/mol. The van der Waals surface area contributed by atoms with Crippen molar-refractivity contribution in [2.45, 2.75) is 26.8 Å². The molecule has 0 saturated carbocycles. The summed E-state index contributed by atoms with van der Waals surface area (Å²) in [5, 5.41) is 2.67. The summed E-state index contributed by atoms with van der Waals surface area (Å²) in [6.07, 6.45) is 0. The summed E-state index contributed by atoms with van der Waals surface area (Å²) in [5.74, 6) is -0.409. The molecule has 0 aromatic heterocycles. The third-order valence-electron chi connectivity index (χ3n) is 3.11. The Balaban J connectivity index is 2.74. The summed E-state index contributed by atoms with van der Waals surface area (Å²) in [7, 11) is 1.70. The number of nitrogens with one attached hydrogen (secondary N) is 1. The van der Waals surface area contributed by atoms with Crippen molar-refractivity contribution < 1.29 is 9.59 Å². The molecule has 0 fully saturated rings. The molecule has 1 aromatic carbocycles. The van der Waals surface area contributed by atoms with Crippen LogP contribution in [0, 0.1) is 6.92 Å². The van der Waals surface area contributed by atoms with Crippen LogP contribution in [0.1, 0.15) is 29.8 Å². The van der Waals surface area contributed by atoms with Crippen molar-refractivity contribution >= 4 is 17.5 Å². The fourth-order valence-corrected chi connectivity index (χ4v) is 1.61. The molecule has 1 atom stereocenters. The first-order valence-corrected chi connectivity index (χ1v) is 6.28. The minimum Gasteiger partial charge on any atom is -0.398 e. The Bertz CT molecular complexity index is 486. The second-order valence-electron chi connectivity index (χ2n) is 4.62. The molecule has 0 spiro atoms. The maximum atomic E-state index is 12.0. The Hall–Kier alpha value is -2.04. The molecule has 2 amide bonds. The highest BCUT2D eigenvalue weighted by molar-refractivity contribution is 5.98. The predicted molar refractivity (Wildman–Crippen MR) is 75.8 cm³/mol. The fourth-order valence-electron chi connectivity index (χ4n) is 1.61. The van der Waals surface area contributed by atoms with Crippen molar-refractivity contribution in [3.63, 3.8) is 0 Å². The number of nitrogens with zero attached hydrogens (tertiary/aromatic N) is 1. The lowest BCUT2D eigenvalue weighted by Crippen LogP contribution is -2.45. The predicted octanol–water partition coefficient (Wildman–Crippen LogP) is 1.17. The Morgan fingerprint density at radius 3 is 2.58 bits per heavy atom. The van der Waals surface area contributed by atoms with Crippen LogP contribution in [0.4, 0.5) is 5.69 Å². The highest BCUT2D eigenvalue weighted by Gasteiger charge is 2.19. The van der Waals surface area contributed by atoms with Gasteiger partial charge in [0.25, 0.3) is 5.91 Å². The van der Waals surface area contributed by atoms with Gasteiger partial charge in [0.05, 0.1) is 0 Å². The molecule has 104 valence electrons. The van der Waals surface area contributed by atoms with Crippen molar-refractivity contribution in [2.24, 2.45) is 0 Å². The number of hydrogen-bond donors (Lipinski definition) is 2. The average Bonchev–Trinajstić information content (AvgIpc) is 2.39. The van der Waals surface area contributed by atoms with Crippen molar-refractivity contribution in [1.29, 1.82) is 0 Å². The van der Waals surface area contributed by atoms with Gasteiger partial charge < -0.3 is 16.0 Å². The molecule has 0 radical (unpaired) electrons. The molecule has 0 heterocycles. The van der Waals surface area contributed by atoms with Gasteiger partial charge in [-0.25, -0.2) is 0 Å². The van der Waals surface area contributed by atoms with Crippen LogP contribution in [-0.2, 0) is 4.79 Å². The number of carbonyl (C=O) groups excluding carboxylic acids is 2. The van der Waals surface area contributed by atoms with E-state index in [1.165, 1.54) is 0 Å². The van der Waals surface area contributed by atoms with Crippen LogP contribution in [-0.4, -0.2) is 36.3 Å².